The normalized spacial score (nSPS) is 15.8. The maximum Gasteiger partial charge on any atom is 0.232 e. The highest BCUT2D eigenvalue weighted by molar-refractivity contribution is 7.92. The van der Waals surface area contributed by atoms with Crippen LogP contribution in [0.5, 0.6) is 0 Å². The molecule has 2 heterocycles. The molecule has 0 unspecified atom stereocenters. The van der Waals surface area contributed by atoms with Crippen molar-refractivity contribution in [1.82, 2.24) is 9.88 Å². The molecule has 26 heavy (non-hydrogen) atoms. The summed E-state index contributed by atoms with van der Waals surface area (Å²) in [6, 6.07) is 14.2. The van der Waals surface area contributed by atoms with E-state index in [1.54, 1.807) is 12.3 Å². The first-order valence-electron chi connectivity index (χ1n) is 9.03. The van der Waals surface area contributed by atoms with Crippen LogP contribution in [0.2, 0.25) is 0 Å². The number of anilines is 2. The zero-order chi connectivity index (χ0) is 18.4. The van der Waals surface area contributed by atoms with E-state index in [0.717, 1.165) is 38.5 Å². The van der Waals surface area contributed by atoms with Gasteiger partial charge in [0.2, 0.25) is 10.0 Å². The van der Waals surface area contributed by atoms with Crippen molar-refractivity contribution >= 4 is 21.5 Å². The van der Waals surface area contributed by atoms with Gasteiger partial charge in [0, 0.05) is 32.7 Å². The van der Waals surface area contributed by atoms with E-state index in [4.69, 9.17) is 0 Å². The lowest BCUT2D eigenvalue weighted by Gasteiger charge is -2.35. The van der Waals surface area contributed by atoms with Crippen molar-refractivity contribution in [2.45, 2.75) is 19.9 Å². The third-order valence-corrected chi connectivity index (χ3v) is 5.93. The van der Waals surface area contributed by atoms with Crippen LogP contribution in [0.3, 0.4) is 0 Å². The number of pyridine rings is 1. The van der Waals surface area contributed by atoms with Crippen LogP contribution in [0, 0.1) is 0 Å². The van der Waals surface area contributed by atoms with Crippen molar-refractivity contribution in [2.24, 2.45) is 0 Å². The molecule has 1 aliphatic rings. The SMILES string of the molecule is CCCS(=O)(=O)Nc1ccc(N2CCN(Cc3ccccc3)CC2)nc1. The Hall–Kier alpha value is -2.12. The molecule has 0 aliphatic carbocycles. The summed E-state index contributed by atoms with van der Waals surface area (Å²) in [4.78, 5) is 9.12. The topological polar surface area (TPSA) is 65.5 Å². The van der Waals surface area contributed by atoms with Gasteiger partial charge in [0.05, 0.1) is 17.6 Å². The number of aromatic nitrogens is 1. The number of benzene rings is 1. The molecule has 3 rings (SSSR count). The van der Waals surface area contributed by atoms with Crippen molar-refractivity contribution in [3.05, 3.63) is 54.2 Å². The number of hydrogen-bond acceptors (Lipinski definition) is 5. The van der Waals surface area contributed by atoms with Crippen LogP contribution in [0.25, 0.3) is 0 Å². The lowest BCUT2D eigenvalue weighted by atomic mass is 10.2. The van der Waals surface area contributed by atoms with Crippen LogP contribution in [0.4, 0.5) is 11.5 Å². The van der Waals surface area contributed by atoms with Crippen LogP contribution >= 0.6 is 0 Å². The highest BCUT2D eigenvalue weighted by atomic mass is 32.2. The first kappa shape index (κ1) is 18.7. The van der Waals surface area contributed by atoms with Crippen molar-refractivity contribution in [2.75, 3.05) is 41.6 Å². The summed E-state index contributed by atoms with van der Waals surface area (Å²) in [5.41, 5.74) is 1.85. The Kier molecular flexibility index (Phi) is 6.11. The highest BCUT2D eigenvalue weighted by Crippen LogP contribution is 2.18. The molecule has 2 aromatic rings. The summed E-state index contributed by atoms with van der Waals surface area (Å²) in [5.74, 6) is 1.01. The molecule has 0 bridgehead atoms. The fraction of sp³-hybridized carbons (Fsp3) is 0.421. The molecule has 1 saturated heterocycles. The van der Waals surface area contributed by atoms with Gasteiger partial charge in [-0.3, -0.25) is 9.62 Å². The van der Waals surface area contributed by atoms with E-state index in [9.17, 15) is 8.42 Å². The summed E-state index contributed by atoms with van der Waals surface area (Å²) < 4.78 is 26.2. The van der Waals surface area contributed by atoms with Crippen molar-refractivity contribution in [1.29, 1.82) is 0 Å². The third-order valence-electron chi connectivity index (χ3n) is 4.44. The minimum atomic E-state index is -3.27. The van der Waals surface area contributed by atoms with E-state index >= 15 is 0 Å². The Morgan fingerprint density at radius 2 is 1.77 bits per heavy atom. The summed E-state index contributed by atoms with van der Waals surface area (Å²) in [6.07, 6.45) is 2.19. The highest BCUT2D eigenvalue weighted by Gasteiger charge is 2.18. The minimum Gasteiger partial charge on any atom is -0.354 e. The van der Waals surface area contributed by atoms with Gasteiger partial charge in [-0.05, 0) is 24.1 Å². The molecule has 0 amide bonds. The van der Waals surface area contributed by atoms with Gasteiger partial charge >= 0.3 is 0 Å². The molecule has 1 N–H and O–H groups in total. The lowest BCUT2D eigenvalue weighted by molar-refractivity contribution is 0.249. The Balaban J connectivity index is 1.53. The smallest absolute Gasteiger partial charge is 0.232 e. The molecule has 1 aromatic carbocycles. The molecule has 0 radical (unpaired) electrons. The summed E-state index contributed by atoms with van der Waals surface area (Å²) >= 11 is 0. The van der Waals surface area contributed by atoms with Gasteiger partial charge in [-0.15, -0.1) is 0 Å². The molecule has 0 saturated carbocycles. The van der Waals surface area contributed by atoms with Crippen LogP contribution in [0.15, 0.2) is 48.7 Å². The molecule has 6 nitrogen and oxygen atoms in total. The van der Waals surface area contributed by atoms with Gasteiger partial charge < -0.3 is 4.90 Å². The number of piperazine rings is 1. The maximum atomic E-state index is 11.8. The fourth-order valence-electron chi connectivity index (χ4n) is 3.11. The second-order valence-electron chi connectivity index (χ2n) is 6.57. The van der Waals surface area contributed by atoms with Gasteiger partial charge in [0.1, 0.15) is 5.82 Å². The Morgan fingerprint density at radius 3 is 2.38 bits per heavy atom. The summed E-state index contributed by atoms with van der Waals surface area (Å²) in [7, 11) is -3.27. The van der Waals surface area contributed by atoms with E-state index in [-0.39, 0.29) is 5.75 Å². The molecule has 0 atom stereocenters. The van der Waals surface area contributed by atoms with Crippen LogP contribution in [-0.4, -0.2) is 50.2 Å². The standard InChI is InChI=1S/C19H26N4O2S/c1-2-14-26(24,25)21-18-8-9-19(20-15-18)23-12-10-22(11-13-23)16-17-6-4-3-5-7-17/h3-9,15,21H,2,10-14,16H2,1H3. The van der Waals surface area contributed by atoms with Crippen LogP contribution in [-0.2, 0) is 16.6 Å². The predicted molar refractivity (Wildman–Crippen MR) is 106 cm³/mol. The third kappa shape index (κ3) is 5.19. The number of nitrogens with zero attached hydrogens (tertiary/aromatic N) is 3. The second-order valence-corrected chi connectivity index (χ2v) is 8.42. The monoisotopic (exact) mass is 374 g/mol. The number of nitrogens with one attached hydrogen (secondary N) is 1. The van der Waals surface area contributed by atoms with Gasteiger partial charge in [-0.1, -0.05) is 37.3 Å². The first-order valence-corrected chi connectivity index (χ1v) is 10.7. The van der Waals surface area contributed by atoms with E-state index in [1.807, 2.05) is 19.1 Å². The molecule has 1 aliphatic heterocycles. The van der Waals surface area contributed by atoms with Crippen molar-refractivity contribution in [3.8, 4) is 0 Å². The molecule has 140 valence electrons. The van der Waals surface area contributed by atoms with Crippen molar-refractivity contribution in [3.63, 3.8) is 0 Å². The molecule has 0 spiro atoms. The molecular formula is C19H26N4O2S. The van der Waals surface area contributed by atoms with Gasteiger partial charge in [0.25, 0.3) is 0 Å². The van der Waals surface area contributed by atoms with Gasteiger partial charge in [0.15, 0.2) is 0 Å². The predicted octanol–water partition coefficient (Wildman–Crippen LogP) is 2.56. The van der Waals surface area contributed by atoms with Crippen molar-refractivity contribution < 1.29 is 8.42 Å². The zero-order valence-corrected chi connectivity index (χ0v) is 16.0. The largest absolute Gasteiger partial charge is 0.354 e. The van der Waals surface area contributed by atoms with Gasteiger partial charge in [-0.25, -0.2) is 13.4 Å². The molecular weight excluding hydrogens is 348 g/mol. The number of rotatable bonds is 7. The van der Waals surface area contributed by atoms with E-state index in [0.29, 0.717) is 12.1 Å². The van der Waals surface area contributed by atoms with E-state index in [2.05, 4.69) is 43.8 Å². The summed E-state index contributed by atoms with van der Waals surface area (Å²) in [6.45, 7) is 6.63. The molecule has 7 heteroatoms. The average molecular weight is 375 g/mol. The Labute approximate surface area is 155 Å². The zero-order valence-electron chi connectivity index (χ0n) is 15.1. The Morgan fingerprint density at radius 1 is 1.04 bits per heavy atom. The van der Waals surface area contributed by atoms with Crippen LogP contribution < -0.4 is 9.62 Å². The minimum absolute atomic E-state index is 0.123. The van der Waals surface area contributed by atoms with Crippen LogP contribution in [0.1, 0.15) is 18.9 Å². The molecule has 1 fully saturated rings. The lowest BCUT2D eigenvalue weighted by Crippen LogP contribution is -2.46. The van der Waals surface area contributed by atoms with E-state index in [1.165, 1.54) is 5.56 Å². The maximum absolute atomic E-state index is 11.8. The Bertz CT molecular complexity index is 786. The quantitative estimate of drug-likeness (QED) is 0.807. The van der Waals surface area contributed by atoms with E-state index < -0.39 is 10.0 Å². The second kappa shape index (κ2) is 8.51. The molecule has 1 aromatic heterocycles. The summed E-state index contributed by atoms with van der Waals surface area (Å²) in [5, 5.41) is 0. The number of sulfonamides is 1. The fourth-order valence-corrected chi connectivity index (χ4v) is 4.23. The number of hydrogen-bond donors (Lipinski definition) is 1. The average Bonchev–Trinajstić information content (AvgIpc) is 2.63. The first-order chi connectivity index (χ1) is 12.6. The van der Waals surface area contributed by atoms with Gasteiger partial charge in [-0.2, -0.15) is 0 Å².